The predicted octanol–water partition coefficient (Wildman–Crippen LogP) is 3.48. The van der Waals surface area contributed by atoms with Gasteiger partial charge in [-0.05, 0) is 50.5 Å². The average Bonchev–Trinajstić information content (AvgIpc) is 3.10. The zero-order valence-electron chi connectivity index (χ0n) is 14.6. The topological polar surface area (TPSA) is 75.2 Å². The first-order chi connectivity index (χ1) is 12.3. The number of aryl methyl sites for hydroxylation is 2. The van der Waals surface area contributed by atoms with Gasteiger partial charge in [0, 0.05) is 23.8 Å². The molecule has 9 heteroatoms. The molecular weight excluding hydrogens is 395 g/mol. The maximum absolute atomic E-state index is 12.6. The fourth-order valence-corrected chi connectivity index (χ4v) is 4.68. The van der Waals surface area contributed by atoms with E-state index in [4.69, 9.17) is 23.2 Å². The molecule has 1 saturated heterocycles. The smallest absolute Gasteiger partial charge is 0.242 e. The number of nitrogens with zero attached hydrogens (tertiary/aromatic N) is 3. The number of aromatic nitrogens is 2. The average molecular weight is 415 g/mol. The number of hydrogen-bond donors (Lipinski definition) is 1. The van der Waals surface area contributed by atoms with Gasteiger partial charge in [-0.2, -0.15) is 0 Å². The fourth-order valence-electron chi connectivity index (χ4n) is 2.85. The van der Waals surface area contributed by atoms with Gasteiger partial charge in [-0.15, -0.1) is 0 Å². The van der Waals surface area contributed by atoms with Crippen LogP contribution in [0.25, 0.3) is 0 Å². The Hall–Kier alpha value is -1.41. The second kappa shape index (κ2) is 7.68. The maximum Gasteiger partial charge on any atom is 0.242 e. The Morgan fingerprint density at radius 1 is 1.08 bits per heavy atom. The molecule has 3 rings (SSSR count). The Kier molecular flexibility index (Phi) is 5.72. The highest BCUT2D eigenvalue weighted by molar-refractivity contribution is 7.89. The molecule has 1 aromatic carbocycles. The third-order valence-electron chi connectivity index (χ3n) is 4.23. The lowest BCUT2D eigenvalue weighted by Gasteiger charge is -2.17. The summed E-state index contributed by atoms with van der Waals surface area (Å²) in [7, 11) is -3.79. The number of rotatable bonds is 5. The first-order valence-corrected chi connectivity index (χ1v) is 10.5. The zero-order valence-corrected chi connectivity index (χ0v) is 16.9. The molecule has 6 nitrogen and oxygen atoms in total. The molecule has 1 fully saturated rings. The normalized spacial score (nSPS) is 14.8. The maximum atomic E-state index is 12.6. The molecule has 0 radical (unpaired) electrons. The summed E-state index contributed by atoms with van der Waals surface area (Å²) >= 11 is 12.1. The van der Waals surface area contributed by atoms with Crippen molar-refractivity contribution in [2.75, 3.05) is 18.0 Å². The summed E-state index contributed by atoms with van der Waals surface area (Å²) < 4.78 is 27.8. The predicted molar refractivity (Wildman–Crippen MR) is 103 cm³/mol. The van der Waals surface area contributed by atoms with E-state index in [-0.39, 0.29) is 16.5 Å². The van der Waals surface area contributed by atoms with E-state index in [1.54, 1.807) is 13.0 Å². The number of anilines is 1. The summed E-state index contributed by atoms with van der Waals surface area (Å²) in [6.07, 6.45) is 2.24. The van der Waals surface area contributed by atoms with Crippen LogP contribution in [0.2, 0.25) is 10.0 Å². The van der Waals surface area contributed by atoms with Gasteiger partial charge in [-0.25, -0.2) is 23.1 Å². The van der Waals surface area contributed by atoms with E-state index in [1.165, 1.54) is 12.1 Å². The van der Waals surface area contributed by atoms with Crippen molar-refractivity contribution in [2.45, 2.75) is 38.1 Å². The monoisotopic (exact) mass is 414 g/mol. The highest BCUT2D eigenvalue weighted by Gasteiger charge is 2.20. The summed E-state index contributed by atoms with van der Waals surface area (Å²) in [6, 6.07) is 4.68. The van der Waals surface area contributed by atoms with Crippen LogP contribution in [0.1, 0.15) is 29.8 Å². The molecule has 0 saturated carbocycles. The standard InChI is InChI=1S/C17H20Cl2N4O2S/c1-11-7-16(15(19)9-14(11)18)26(24,25)20-10-13-8-12(2)21-17(22-13)23-5-3-4-6-23/h7-9,20H,3-6,10H2,1-2H3. The molecule has 2 aromatic rings. The lowest BCUT2D eigenvalue weighted by molar-refractivity contribution is 0.580. The minimum atomic E-state index is -3.79. The van der Waals surface area contributed by atoms with E-state index in [2.05, 4.69) is 19.6 Å². The minimum Gasteiger partial charge on any atom is -0.341 e. The van der Waals surface area contributed by atoms with E-state index in [9.17, 15) is 8.42 Å². The second-order valence-corrected chi connectivity index (χ2v) is 8.90. The van der Waals surface area contributed by atoms with Crippen molar-refractivity contribution in [3.63, 3.8) is 0 Å². The quantitative estimate of drug-likeness (QED) is 0.810. The van der Waals surface area contributed by atoms with Gasteiger partial charge in [0.25, 0.3) is 0 Å². The Bertz CT molecular complexity index is 929. The van der Waals surface area contributed by atoms with Gasteiger partial charge >= 0.3 is 0 Å². The van der Waals surface area contributed by atoms with E-state index in [0.717, 1.165) is 31.6 Å². The van der Waals surface area contributed by atoms with Crippen molar-refractivity contribution in [3.05, 3.63) is 45.2 Å². The van der Waals surface area contributed by atoms with Crippen molar-refractivity contribution in [2.24, 2.45) is 0 Å². The van der Waals surface area contributed by atoms with Crippen LogP contribution >= 0.6 is 23.2 Å². The largest absolute Gasteiger partial charge is 0.341 e. The molecule has 0 bridgehead atoms. The molecule has 0 amide bonds. The van der Waals surface area contributed by atoms with Crippen molar-refractivity contribution in [1.82, 2.24) is 14.7 Å². The zero-order chi connectivity index (χ0) is 18.9. The van der Waals surface area contributed by atoms with Crippen LogP contribution in [0.4, 0.5) is 5.95 Å². The van der Waals surface area contributed by atoms with Gasteiger partial charge in [-0.3, -0.25) is 0 Å². The Balaban J connectivity index is 1.81. The summed E-state index contributed by atoms with van der Waals surface area (Å²) in [5.41, 5.74) is 2.06. The van der Waals surface area contributed by atoms with Crippen molar-refractivity contribution >= 4 is 39.2 Å². The molecular formula is C17H20Cl2N4O2S. The van der Waals surface area contributed by atoms with E-state index in [0.29, 0.717) is 22.2 Å². The number of nitrogens with one attached hydrogen (secondary N) is 1. The molecule has 0 atom stereocenters. The lowest BCUT2D eigenvalue weighted by Crippen LogP contribution is -2.26. The summed E-state index contributed by atoms with van der Waals surface area (Å²) in [5.74, 6) is 0.650. The van der Waals surface area contributed by atoms with Crippen LogP contribution in [0.15, 0.2) is 23.1 Å². The van der Waals surface area contributed by atoms with Crippen molar-refractivity contribution in [1.29, 1.82) is 0 Å². The number of sulfonamides is 1. The van der Waals surface area contributed by atoms with Crippen LogP contribution < -0.4 is 9.62 Å². The summed E-state index contributed by atoms with van der Waals surface area (Å²) in [5, 5.41) is 0.514. The number of halogens is 2. The van der Waals surface area contributed by atoms with Gasteiger partial charge in [0.15, 0.2) is 0 Å². The van der Waals surface area contributed by atoms with Gasteiger partial charge in [-0.1, -0.05) is 23.2 Å². The van der Waals surface area contributed by atoms with Gasteiger partial charge in [0.1, 0.15) is 4.90 Å². The van der Waals surface area contributed by atoms with Crippen molar-refractivity contribution in [3.8, 4) is 0 Å². The number of hydrogen-bond acceptors (Lipinski definition) is 5. The minimum absolute atomic E-state index is 0.00612. The van der Waals surface area contributed by atoms with Crippen LogP contribution in [0, 0.1) is 13.8 Å². The first kappa shape index (κ1) is 19.4. The molecule has 0 aliphatic carbocycles. The molecule has 1 aliphatic rings. The number of benzene rings is 1. The van der Waals surface area contributed by atoms with E-state index >= 15 is 0 Å². The molecule has 0 spiro atoms. The van der Waals surface area contributed by atoms with E-state index < -0.39 is 10.0 Å². The summed E-state index contributed by atoms with van der Waals surface area (Å²) in [4.78, 5) is 11.1. The lowest BCUT2D eigenvalue weighted by atomic mass is 10.2. The molecule has 0 unspecified atom stereocenters. The van der Waals surface area contributed by atoms with Crippen molar-refractivity contribution < 1.29 is 8.42 Å². The third-order valence-corrected chi connectivity index (χ3v) is 6.50. The molecule has 140 valence electrons. The van der Waals surface area contributed by atoms with Gasteiger partial charge in [0.2, 0.25) is 16.0 Å². The molecule has 1 aromatic heterocycles. The Labute approximate surface area is 163 Å². The Morgan fingerprint density at radius 3 is 2.46 bits per heavy atom. The van der Waals surface area contributed by atoms with Gasteiger partial charge in [0.05, 0.1) is 17.3 Å². The SMILES string of the molecule is Cc1cc(CNS(=O)(=O)c2cc(C)c(Cl)cc2Cl)nc(N2CCCC2)n1. The molecule has 26 heavy (non-hydrogen) atoms. The Morgan fingerprint density at radius 2 is 1.77 bits per heavy atom. The van der Waals surface area contributed by atoms with Crippen LogP contribution in [0.3, 0.4) is 0 Å². The molecule has 2 heterocycles. The summed E-state index contributed by atoms with van der Waals surface area (Å²) in [6.45, 7) is 5.51. The van der Waals surface area contributed by atoms with Crippen LogP contribution in [0.5, 0.6) is 0 Å². The molecule has 1 N–H and O–H groups in total. The highest BCUT2D eigenvalue weighted by Crippen LogP contribution is 2.28. The fraction of sp³-hybridized carbons (Fsp3) is 0.412. The third kappa shape index (κ3) is 4.28. The first-order valence-electron chi connectivity index (χ1n) is 8.31. The van der Waals surface area contributed by atoms with E-state index in [1.807, 2.05) is 6.92 Å². The van der Waals surface area contributed by atoms with Crippen LogP contribution in [-0.4, -0.2) is 31.5 Å². The molecule has 1 aliphatic heterocycles. The highest BCUT2D eigenvalue weighted by atomic mass is 35.5. The van der Waals surface area contributed by atoms with Crippen LogP contribution in [-0.2, 0) is 16.6 Å². The van der Waals surface area contributed by atoms with Gasteiger partial charge < -0.3 is 4.90 Å². The second-order valence-electron chi connectivity index (χ2n) is 6.35.